The third kappa shape index (κ3) is 8.30. The van der Waals surface area contributed by atoms with E-state index in [0.29, 0.717) is 26.1 Å². The van der Waals surface area contributed by atoms with Crippen LogP contribution in [0.2, 0.25) is 0 Å². The maximum atomic E-state index is 11.8. The van der Waals surface area contributed by atoms with Crippen molar-refractivity contribution < 1.29 is 18.0 Å². The minimum atomic E-state index is -4.39. The summed E-state index contributed by atoms with van der Waals surface area (Å²) in [6.07, 6.45) is -0.328. The van der Waals surface area contributed by atoms with Crippen LogP contribution in [0.4, 0.5) is 18.0 Å². The lowest BCUT2D eigenvalue weighted by Gasteiger charge is -2.10. The molecule has 0 spiro atoms. The zero-order valence-electron chi connectivity index (χ0n) is 10.8. The van der Waals surface area contributed by atoms with E-state index in [1.54, 1.807) is 17.7 Å². The monoisotopic (exact) mass is 290 g/mol. The predicted octanol–water partition coefficient (Wildman–Crippen LogP) is 1.42. The van der Waals surface area contributed by atoms with Gasteiger partial charge in [0.05, 0.1) is 0 Å². The molecule has 3 N–H and O–H groups in total. The summed E-state index contributed by atoms with van der Waals surface area (Å²) < 4.78 is 35.4. The number of nitrogens with zero attached hydrogens (tertiary/aromatic N) is 1. The predicted molar refractivity (Wildman–Crippen MR) is 68.0 cm³/mol. The van der Waals surface area contributed by atoms with Crippen molar-refractivity contribution in [2.24, 2.45) is 0 Å². The summed E-state index contributed by atoms with van der Waals surface area (Å²) in [5, 5.41) is 7.23. The lowest BCUT2D eigenvalue weighted by atomic mass is 10.3. The number of hydrogen-bond acceptors (Lipinski definition) is 3. The molecule has 20 heavy (non-hydrogen) atoms. The van der Waals surface area contributed by atoms with E-state index >= 15 is 0 Å². The molecule has 2 amide bonds. The average Bonchev–Trinajstić information content (AvgIpc) is 2.41. The number of carbonyl (C=O) groups excluding carboxylic acids is 1. The third-order valence-corrected chi connectivity index (χ3v) is 2.32. The lowest BCUT2D eigenvalue weighted by Crippen LogP contribution is -2.41. The molecule has 0 unspecified atom stereocenters. The average molecular weight is 290 g/mol. The first-order chi connectivity index (χ1) is 9.47. The highest BCUT2D eigenvalue weighted by atomic mass is 19.4. The largest absolute Gasteiger partial charge is 0.405 e. The van der Waals surface area contributed by atoms with E-state index in [1.807, 2.05) is 12.1 Å². The molecular weight excluding hydrogens is 273 g/mol. The van der Waals surface area contributed by atoms with Gasteiger partial charge < -0.3 is 16.0 Å². The Morgan fingerprint density at radius 3 is 2.70 bits per heavy atom. The second-order valence-corrected chi connectivity index (χ2v) is 4.12. The molecule has 0 fully saturated rings. The SMILES string of the molecule is O=C(NCCCNCc1cccnc1)NCC(F)(F)F. The first-order valence-corrected chi connectivity index (χ1v) is 6.15. The van der Waals surface area contributed by atoms with Crippen molar-refractivity contribution in [3.8, 4) is 0 Å². The van der Waals surface area contributed by atoms with Crippen molar-refractivity contribution in [3.63, 3.8) is 0 Å². The zero-order valence-corrected chi connectivity index (χ0v) is 10.8. The van der Waals surface area contributed by atoms with Crippen LogP contribution in [0.1, 0.15) is 12.0 Å². The lowest BCUT2D eigenvalue weighted by molar-refractivity contribution is -0.122. The van der Waals surface area contributed by atoms with Gasteiger partial charge >= 0.3 is 12.2 Å². The van der Waals surface area contributed by atoms with Gasteiger partial charge in [0.2, 0.25) is 0 Å². The summed E-state index contributed by atoms with van der Waals surface area (Å²) in [6.45, 7) is 0.296. The van der Waals surface area contributed by atoms with Crippen LogP contribution >= 0.6 is 0 Å². The Balaban J connectivity index is 1.98. The van der Waals surface area contributed by atoms with E-state index in [2.05, 4.69) is 15.6 Å². The minimum absolute atomic E-state index is 0.309. The molecule has 0 radical (unpaired) electrons. The van der Waals surface area contributed by atoms with Crippen LogP contribution in [0.5, 0.6) is 0 Å². The molecule has 5 nitrogen and oxygen atoms in total. The third-order valence-electron chi connectivity index (χ3n) is 2.32. The van der Waals surface area contributed by atoms with Gasteiger partial charge in [-0.25, -0.2) is 4.79 Å². The van der Waals surface area contributed by atoms with Crippen molar-refractivity contribution >= 4 is 6.03 Å². The van der Waals surface area contributed by atoms with E-state index in [9.17, 15) is 18.0 Å². The van der Waals surface area contributed by atoms with Gasteiger partial charge in [-0.15, -0.1) is 0 Å². The first-order valence-electron chi connectivity index (χ1n) is 6.15. The topological polar surface area (TPSA) is 66.0 Å². The highest BCUT2D eigenvalue weighted by molar-refractivity contribution is 5.73. The second-order valence-electron chi connectivity index (χ2n) is 4.12. The van der Waals surface area contributed by atoms with Crippen molar-refractivity contribution in [1.82, 2.24) is 20.9 Å². The Hall–Kier alpha value is -1.83. The standard InChI is InChI=1S/C12H17F3N4O/c13-12(14,15)9-19-11(20)18-6-2-5-17-8-10-3-1-4-16-7-10/h1,3-4,7,17H,2,5-6,8-9H2,(H2,18,19,20). The summed E-state index contributed by atoms with van der Waals surface area (Å²) >= 11 is 0. The molecule has 0 aliphatic heterocycles. The highest BCUT2D eigenvalue weighted by Crippen LogP contribution is 2.11. The van der Waals surface area contributed by atoms with Crippen molar-refractivity contribution in [2.75, 3.05) is 19.6 Å². The van der Waals surface area contributed by atoms with E-state index in [1.165, 1.54) is 0 Å². The highest BCUT2D eigenvalue weighted by Gasteiger charge is 2.27. The Kier molecular flexibility index (Phi) is 6.78. The molecular formula is C12H17F3N4O. The molecule has 1 aromatic rings. The smallest absolute Gasteiger partial charge is 0.338 e. The van der Waals surface area contributed by atoms with Gasteiger partial charge in [0.15, 0.2) is 0 Å². The zero-order chi connectivity index (χ0) is 14.8. The molecule has 1 heterocycles. The van der Waals surface area contributed by atoms with Gasteiger partial charge in [0.25, 0.3) is 0 Å². The molecule has 8 heteroatoms. The Labute approximate surface area is 115 Å². The second kappa shape index (κ2) is 8.36. The molecule has 1 rings (SSSR count). The number of alkyl halides is 3. The summed E-state index contributed by atoms with van der Waals surface area (Å²) in [4.78, 5) is 15.0. The number of nitrogens with one attached hydrogen (secondary N) is 3. The fraction of sp³-hybridized carbons (Fsp3) is 0.500. The summed E-state index contributed by atoms with van der Waals surface area (Å²) in [5.74, 6) is 0. The Morgan fingerprint density at radius 2 is 2.05 bits per heavy atom. The normalized spacial score (nSPS) is 11.2. The molecule has 1 aromatic heterocycles. The number of hydrogen-bond donors (Lipinski definition) is 3. The summed E-state index contributed by atoms with van der Waals surface area (Å²) in [7, 11) is 0. The van der Waals surface area contributed by atoms with Gasteiger partial charge in [0, 0.05) is 25.5 Å². The first kappa shape index (κ1) is 16.2. The van der Waals surface area contributed by atoms with E-state index in [4.69, 9.17) is 0 Å². The maximum absolute atomic E-state index is 11.8. The van der Waals surface area contributed by atoms with Crippen LogP contribution in [-0.2, 0) is 6.54 Å². The van der Waals surface area contributed by atoms with E-state index in [-0.39, 0.29) is 0 Å². The molecule has 0 aromatic carbocycles. The van der Waals surface area contributed by atoms with E-state index < -0.39 is 18.8 Å². The van der Waals surface area contributed by atoms with Gasteiger partial charge in [-0.1, -0.05) is 6.07 Å². The summed E-state index contributed by atoms with van der Waals surface area (Å²) in [5.41, 5.74) is 1.04. The molecule has 0 bridgehead atoms. The van der Waals surface area contributed by atoms with Crippen LogP contribution < -0.4 is 16.0 Å². The number of halogens is 3. The Morgan fingerprint density at radius 1 is 1.25 bits per heavy atom. The molecule has 0 aliphatic rings. The Bertz CT molecular complexity index is 397. The number of aromatic nitrogens is 1. The molecule has 0 aliphatic carbocycles. The van der Waals surface area contributed by atoms with Gasteiger partial charge in [-0.05, 0) is 24.6 Å². The fourth-order valence-corrected chi connectivity index (χ4v) is 1.39. The van der Waals surface area contributed by atoms with Gasteiger partial charge in [-0.2, -0.15) is 13.2 Å². The van der Waals surface area contributed by atoms with Crippen LogP contribution in [0, 0.1) is 0 Å². The summed E-state index contributed by atoms with van der Waals surface area (Å²) in [6, 6.07) is 2.96. The quantitative estimate of drug-likeness (QED) is 0.665. The number of carbonyl (C=O) groups is 1. The number of pyridine rings is 1. The molecule has 0 saturated heterocycles. The number of urea groups is 1. The molecule has 0 atom stereocenters. The van der Waals surface area contributed by atoms with Gasteiger partial charge in [0.1, 0.15) is 6.54 Å². The maximum Gasteiger partial charge on any atom is 0.405 e. The van der Waals surface area contributed by atoms with Crippen LogP contribution in [0.3, 0.4) is 0 Å². The fourth-order valence-electron chi connectivity index (χ4n) is 1.39. The van der Waals surface area contributed by atoms with Crippen LogP contribution in [0.15, 0.2) is 24.5 Å². The number of amides is 2. The minimum Gasteiger partial charge on any atom is -0.338 e. The molecule has 112 valence electrons. The van der Waals surface area contributed by atoms with Crippen molar-refractivity contribution in [2.45, 2.75) is 19.1 Å². The van der Waals surface area contributed by atoms with E-state index in [0.717, 1.165) is 5.56 Å². The van der Waals surface area contributed by atoms with Crippen molar-refractivity contribution in [1.29, 1.82) is 0 Å². The number of rotatable bonds is 7. The molecule has 0 saturated carbocycles. The van der Waals surface area contributed by atoms with Crippen molar-refractivity contribution in [3.05, 3.63) is 30.1 Å². The van der Waals surface area contributed by atoms with Gasteiger partial charge in [-0.3, -0.25) is 4.98 Å². The van der Waals surface area contributed by atoms with Crippen LogP contribution in [-0.4, -0.2) is 36.8 Å². The van der Waals surface area contributed by atoms with Crippen LogP contribution in [0.25, 0.3) is 0 Å².